The fourth-order valence-electron chi connectivity index (χ4n) is 1.92. The lowest BCUT2D eigenvalue weighted by molar-refractivity contribution is -0.146. The summed E-state index contributed by atoms with van der Waals surface area (Å²) >= 11 is 3.01. The number of H-pyrrole nitrogens is 1. The molecule has 2 aliphatic rings. The number of rotatable bonds is 4. The molecule has 0 spiro atoms. The molecule has 100 valence electrons. The lowest BCUT2D eigenvalue weighted by Gasteiger charge is -2.44. The topological polar surface area (TPSA) is 112 Å². The second-order valence-corrected chi connectivity index (χ2v) is 6.40. The van der Waals surface area contributed by atoms with E-state index in [1.54, 1.807) is 17.8 Å². The van der Waals surface area contributed by atoms with E-state index in [4.69, 9.17) is 5.11 Å². The van der Waals surface area contributed by atoms with Crippen LogP contribution in [0.5, 0.6) is 0 Å². The van der Waals surface area contributed by atoms with E-state index in [-0.39, 0.29) is 22.2 Å². The van der Waals surface area contributed by atoms with Crippen molar-refractivity contribution in [1.82, 2.24) is 25.5 Å². The van der Waals surface area contributed by atoms with Crippen LogP contribution in [0.3, 0.4) is 0 Å². The van der Waals surface area contributed by atoms with Gasteiger partial charge in [-0.15, -0.1) is 16.9 Å². The monoisotopic (exact) mass is 299 g/mol. The molecule has 2 aliphatic heterocycles. The lowest BCUT2D eigenvalue weighted by atomic mass is 10.1. The molecule has 0 bridgehead atoms. The van der Waals surface area contributed by atoms with E-state index in [9.17, 15) is 9.59 Å². The molecular weight excluding hydrogens is 290 g/mol. The summed E-state index contributed by atoms with van der Waals surface area (Å²) in [7, 11) is 0. The Morgan fingerprint density at radius 3 is 3.16 bits per heavy atom. The minimum Gasteiger partial charge on any atom is -0.477 e. The molecule has 2 N–H and O–H groups in total. The number of aromatic amines is 1. The molecule has 0 aromatic carbocycles. The van der Waals surface area contributed by atoms with E-state index >= 15 is 0 Å². The highest BCUT2D eigenvalue weighted by Gasteiger charge is 2.45. The summed E-state index contributed by atoms with van der Waals surface area (Å²) in [5.41, 5.74) is 0.0845. The average Bonchev–Trinajstić information content (AvgIpc) is 2.87. The number of carbonyl (C=O) groups excluding carboxylic acids is 1. The van der Waals surface area contributed by atoms with Crippen molar-refractivity contribution in [2.75, 3.05) is 5.75 Å². The Labute approximate surface area is 116 Å². The summed E-state index contributed by atoms with van der Waals surface area (Å²) in [6, 6.07) is 0. The van der Waals surface area contributed by atoms with Gasteiger partial charge in [-0.05, 0) is 16.5 Å². The number of carboxylic acid groups (broad SMARTS) is 1. The third-order valence-corrected chi connectivity index (χ3v) is 5.30. The Bertz CT molecular complexity index is 546. The van der Waals surface area contributed by atoms with Crippen LogP contribution in [-0.2, 0) is 9.59 Å². The summed E-state index contributed by atoms with van der Waals surface area (Å²) in [5.74, 6) is -0.539. The van der Waals surface area contributed by atoms with Crippen molar-refractivity contribution in [1.29, 1.82) is 0 Å². The predicted octanol–water partition coefficient (Wildman–Crippen LogP) is -0.0659. The summed E-state index contributed by atoms with van der Waals surface area (Å²) < 4.78 is 0. The average molecular weight is 299 g/mol. The van der Waals surface area contributed by atoms with E-state index < -0.39 is 5.97 Å². The fraction of sp³-hybridized carbons (Fsp3) is 0.444. The molecule has 0 radical (unpaired) electrons. The number of amides is 1. The molecular formula is C9H9N5O3S2. The molecule has 1 amide bonds. The minimum atomic E-state index is -1.06. The lowest BCUT2D eigenvalue weighted by Crippen LogP contribution is -2.54. The number of β-lactam (4-membered cyclic amide) rings is 1. The van der Waals surface area contributed by atoms with Crippen molar-refractivity contribution in [2.45, 2.75) is 22.2 Å². The quantitative estimate of drug-likeness (QED) is 0.587. The standard InChI is InChI=1S/C9H9N5O3S2/c15-6-2-7-14(6)5(8(16)17)1-4(19-7)3-18-9-10-12-13-11-9/h1,4,7H,2-3H2,(H,16,17)(H,10,11,12,13)/t4?,7-/m1/s1. The Hall–Kier alpha value is -1.55. The van der Waals surface area contributed by atoms with E-state index in [2.05, 4.69) is 20.6 Å². The maximum absolute atomic E-state index is 11.4. The van der Waals surface area contributed by atoms with Gasteiger partial charge in [-0.2, -0.15) is 0 Å². The molecule has 1 aromatic rings. The van der Waals surface area contributed by atoms with Crippen LogP contribution in [0.25, 0.3) is 0 Å². The summed E-state index contributed by atoms with van der Waals surface area (Å²) in [5, 5.41) is 23.0. The highest BCUT2D eigenvalue weighted by molar-refractivity contribution is 8.03. The van der Waals surface area contributed by atoms with E-state index in [1.807, 2.05) is 0 Å². The Balaban J connectivity index is 1.71. The van der Waals surface area contributed by atoms with Crippen LogP contribution in [0.2, 0.25) is 0 Å². The minimum absolute atomic E-state index is 0.0237. The third kappa shape index (κ3) is 2.32. The molecule has 1 fully saturated rings. The van der Waals surface area contributed by atoms with E-state index in [0.29, 0.717) is 17.3 Å². The first-order valence-electron chi connectivity index (χ1n) is 5.44. The predicted molar refractivity (Wildman–Crippen MR) is 67.3 cm³/mol. The molecule has 8 nitrogen and oxygen atoms in total. The molecule has 2 atom stereocenters. The number of carboxylic acids is 1. The Kier molecular flexibility index (Phi) is 3.19. The van der Waals surface area contributed by atoms with Gasteiger partial charge in [0.15, 0.2) is 0 Å². The number of hydrogen-bond acceptors (Lipinski definition) is 7. The van der Waals surface area contributed by atoms with Crippen LogP contribution in [0.1, 0.15) is 6.42 Å². The smallest absolute Gasteiger partial charge is 0.352 e. The summed E-state index contributed by atoms with van der Waals surface area (Å²) in [6.45, 7) is 0. The van der Waals surface area contributed by atoms with Crippen LogP contribution in [0, 0.1) is 0 Å². The molecule has 3 heterocycles. The van der Waals surface area contributed by atoms with Crippen LogP contribution < -0.4 is 0 Å². The van der Waals surface area contributed by atoms with Gasteiger partial charge in [0.25, 0.3) is 0 Å². The van der Waals surface area contributed by atoms with Gasteiger partial charge in [0.05, 0.1) is 11.8 Å². The Morgan fingerprint density at radius 1 is 1.68 bits per heavy atom. The zero-order valence-electron chi connectivity index (χ0n) is 9.52. The van der Waals surface area contributed by atoms with Gasteiger partial charge in [0, 0.05) is 11.0 Å². The van der Waals surface area contributed by atoms with Crippen molar-refractivity contribution < 1.29 is 14.7 Å². The first-order valence-corrected chi connectivity index (χ1v) is 7.37. The van der Waals surface area contributed by atoms with Gasteiger partial charge in [0.1, 0.15) is 5.70 Å². The second-order valence-electron chi connectivity index (χ2n) is 3.97. The Morgan fingerprint density at radius 2 is 2.53 bits per heavy atom. The van der Waals surface area contributed by atoms with Crippen molar-refractivity contribution in [3.8, 4) is 0 Å². The molecule has 10 heteroatoms. The van der Waals surface area contributed by atoms with Gasteiger partial charge in [-0.3, -0.25) is 9.69 Å². The first-order chi connectivity index (χ1) is 9.15. The number of nitrogens with zero attached hydrogens (tertiary/aromatic N) is 4. The maximum atomic E-state index is 11.4. The van der Waals surface area contributed by atoms with Crippen molar-refractivity contribution in [3.05, 3.63) is 11.8 Å². The summed E-state index contributed by atoms with van der Waals surface area (Å²) in [4.78, 5) is 23.9. The number of aliphatic carboxylic acids is 1. The number of thioether (sulfide) groups is 2. The normalized spacial score (nSPS) is 25.6. The van der Waals surface area contributed by atoms with Gasteiger partial charge >= 0.3 is 5.97 Å². The van der Waals surface area contributed by atoms with Gasteiger partial charge < -0.3 is 5.11 Å². The zero-order chi connectivity index (χ0) is 13.4. The molecule has 3 rings (SSSR count). The maximum Gasteiger partial charge on any atom is 0.352 e. The summed E-state index contributed by atoms with van der Waals surface area (Å²) in [6.07, 6.45) is 2.03. The van der Waals surface area contributed by atoms with E-state index in [1.165, 1.54) is 16.7 Å². The third-order valence-electron chi connectivity index (χ3n) is 2.77. The molecule has 1 saturated heterocycles. The molecule has 1 aromatic heterocycles. The van der Waals surface area contributed by atoms with Crippen molar-refractivity contribution >= 4 is 35.4 Å². The fourth-order valence-corrected chi connectivity index (χ4v) is 4.26. The van der Waals surface area contributed by atoms with Crippen molar-refractivity contribution in [2.24, 2.45) is 0 Å². The molecule has 0 saturated carbocycles. The first kappa shape index (κ1) is 12.5. The number of tetrazole rings is 1. The number of fused-ring (bicyclic) bond motifs is 1. The van der Waals surface area contributed by atoms with Crippen LogP contribution in [0.15, 0.2) is 16.9 Å². The highest BCUT2D eigenvalue weighted by atomic mass is 32.2. The van der Waals surface area contributed by atoms with Gasteiger partial charge in [0.2, 0.25) is 11.1 Å². The van der Waals surface area contributed by atoms with Crippen LogP contribution in [0.4, 0.5) is 0 Å². The second kappa shape index (κ2) is 4.85. The molecule has 19 heavy (non-hydrogen) atoms. The van der Waals surface area contributed by atoms with Crippen LogP contribution >= 0.6 is 23.5 Å². The molecule has 0 aliphatic carbocycles. The van der Waals surface area contributed by atoms with Crippen LogP contribution in [-0.4, -0.2) is 58.9 Å². The highest BCUT2D eigenvalue weighted by Crippen LogP contribution is 2.41. The number of nitrogens with one attached hydrogen (secondary N) is 1. The van der Waals surface area contributed by atoms with Gasteiger partial charge in [-0.25, -0.2) is 9.89 Å². The number of carbonyl (C=O) groups is 2. The molecule has 1 unspecified atom stereocenters. The largest absolute Gasteiger partial charge is 0.477 e. The number of aromatic nitrogens is 4. The zero-order valence-corrected chi connectivity index (χ0v) is 11.1. The number of hydrogen-bond donors (Lipinski definition) is 2. The van der Waals surface area contributed by atoms with Gasteiger partial charge in [-0.1, -0.05) is 11.8 Å². The van der Waals surface area contributed by atoms with E-state index in [0.717, 1.165) is 0 Å². The SMILES string of the molecule is O=C(O)C1=CC(CSc2nnn[nH]2)S[C@@H]2CC(=O)N12. The van der Waals surface area contributed by atoms with Crippen molar-refractivity contribution in [3.63, 3.8) is 0 Å².